The molecule has 1 aromatic carbocycles. The molecule has 2 N–H and O–H groups in total. The van der Waals surface area contributed by atoms with Crippen molar-refractivity contribution in [3.63, 3.8) is 0 Å². The lowest BCUT2D eigenvalue weighted by Gasteiger charge is -2.13. The molecule has 2 aromatic rings. The lowest BCUT2D eigenvalue weighted by molar-refractivity contribution is -0.137. The van der Waals surface area contributed by atoms with E-state index in [0.29, 0.717) is 5.69 Å². The van der Waals surface area contributed by atoms with Gasteiger partial charge in [0.1, 0.15) is 0 Å². The Hall–Kier alpha value is -1.76. The van der Waals surface area contributed by atoms with Crippen molar-refractivity contribution in [2.24, 2.45) is 0 Å². The van der Waals surface area contributed by atoms with E-state index in [1.54, 1.807) is 0 Å². The van der Waals surface area contributed by atoms with Crippen molar-refractivity contribution in [1.82, 2.24) is 15.0 Å². The van der Waals surface area contributed by atoms with Crippen LogP contribution in [0.15, 0.2) is 18.2 Å². The quantitative estimate of drug-likeness (QED) is 0.871. The summed E-state index contributed by atoms with van der Waals surface area (Å²) in [4.78, 5) is 0. The van der Waals surface area contributed by atoms with Crippen molar-refractivity contribution in [2.45, 2.75) is 13.1 Å². The number of halogens is 4. The molecule has 8 heteroatoms. The van der Waals surface area contributed by atoms with Gasteiger partial charge in [-0.25, -0.2) is 4.68 Å². The van der Waals surface area contributed by atoms with Gasteiger partial charge in [0.2, 0.25) is 0 Å². The third kappa shape index (κ3) is 2.13. The summed E-state index contributed by atoms with van der Waals surface area (Å²) in [6, 6.07) is 3.42. The van der Waals surface area contributed by atoms with E-state index in [2.05, 4.69) is 10.3 Å². The molecule has 18 heavy (non-hydrogen) atoms. The molecule has 1 heterocycles. The van der Waals surface area contributed by atoms with Crippen LogP contribution in [0.5, 0.6) is 0 Å². The molecule has 0 fully saturated rings. The number of nitrogens with two attached hydrogens (primary N) is 1. The fourth-order valence-electron chi connectivity index (χ4n) is 1.49. The first-order valence-corrected chi connectivity index (χ1v) is 5.23. The van der Waals surface area contributed by atoms with Gasteiger partial charge in [0.15, 0.2) is 5.82 Å². The van der Waals surface area contributed by atoms with Crippen molar-refractivity contribution < 1.29 is 13.2 Å². The highest BCUT2D eigenvalue weighted by molar-refractivity contribution is 6.30. The van der Waals surface area contributed by atoms with Crippen LogP contribution in [0.3, 0.4) is 0 Å². The molecule has 0 spiro atoms. The van der Waals surface area contributed by atoms with Crippen LogP contribution >= 0.6 is 11.6 Å². The van der Waals surface area contributed by atoms with Crippen LogP contribution in [-0.4, -0.2) is 15.0 Å². The molecule has 4 nitrogen and oxygen atoms in total. The van der Waals surface area contributed by atoms with Crippen molar-refractivity contribution in [3.05, 3.63) is 34.5 Å². The summed E-state index contributed by atoms with van der Waals surface area (Å²) in [7, 11) is 0. The van der Waals surface area contributed by atoms with Crippen LogP contribution in [0, 0.1) is 6.92 Å². The number of hydrogen-bond acceptors (Lipinski definition) is 3. The minimum atomic E-state index is -4.53. The SMILES string of the molecule is Cc1c(N)nnn1-c1ccc(Cl)cc1C(F)(F)F. The van der Waals surface area contributed by atoms with Gasteiger partial charge in [-0.1, -0.05) is 16.8 Å². The highest BCUT2D eigenvalue weighted by Gasteiger charge is 2.35. The van der Waals surface area contributed by atoms with Gasteiger partial charge < -0.3 is 5.73 Å². The Balaban J connectivity index is 2.68. The first kappa shape index (κ1) is 12.7. The Morgan fingerprint density at radius 1 is 1.33 bits per heavy atom. The predicted molar refractivity (Wildman–Crippen MR) is 60.5 cm³/mol. The minimum Gasteiger partial charge on any atom is -0.381 e. The molecule has 1 aromatic heterocycles. The lowest BCUT2D eigenvalue weighted by Crippen LogP contribution is -2.12. The number of benzene rings is 1. The third-order valence-corrected chi connectivity index (χ3v) is 2.66. The smallest absolute Gasteiger partial charge is 0.381 e. The second-order valence-corrected chi connectivity index (χ2v) is 4.07. The van der Waals surface area contributed by atoms with Gasteiger partial charge in [0.05, 0.1) is 16.9 Å². The predicted octanol–water partition coefficient (Wildman–Crippen LogP) is 2.83. The van der Waals surface area contributed by atoms with Crippen molar-refractivity contribution in [2.75, 3.05) is 5.73 Å². The number of aromatic nitrogens is 3. The van der Waals surface area contributed by atoms with E-state index >= 15 is 0 Å². The molecular formula is C10H8ClF3N4. The van der Waals surface area contributed by atoms with Gasteiger partial charge in [0.25, 0.3) is 0 Å². The van der Waals surface area contributed by atoms with Gasteiger partial charge in [0, 0.05) is 5.02 Å². The number of nitrogens with zero attached hydrogens (tertiary/aromatic N) is 3. The zero-order chi connectivity index (χ0) is 13.5. The molecule has 0 bridgehead atoms. The van der Waals surface area contributed by atoms with E-state index in [1.165, 1.54) is 19.1 Å². The first-order chi connectivity index (χ1) is 8.30. The molecule has 0 saturated heterocycles. The van der Waals surface area contributed by atoms with Gasteiger partial charge in [-0.05, 0) is 25.1 Å². The molecule has 0 saturated carbocycles. The molecule has 0 atom stereocenters. The monoisotopic (exact) mass is 276 g/mol. The van der Waals surface area contributed by atoms with Crippen LogP contribution in [0.2, 0.25) is 5.02 Å². The Labute approximate surface area is 105 Å². The zero-order valence-corrected chi connectivity index (χ0v) is 9.92. The molecule has 0 aliphatic heterocycles. The van der Waals surface area contributed by atoms with Crippen molar-refractivity contribution in [3.8, 4) is 5.69 Å². The maximum Gasteiger partial charge on any atom is 0.418 e. The topological polar surface area (TPSA) is 56.7 Å². The van der Waals surface area contributed by atoms with E-state index in [0.717, 1.165) is 10.7 Å². The Morgan fingerprint density at radius 3 is 2.50 bits per heavy atom. The molecular weight excluding hydrogens is 269 g/mol. The average Bonchev–Trinajstić information content (AvgIpc) is 2.59. The number of hydrogen-bond donors (Lipinski definition) is 1. The fourth-order valence-corrected chi connectivity index (χ4v) is 1.66. The van der Waals surface area contributed by atoms with Crippen molar-refractivity contribution >= 4 is 17.4 Å². The normalized spacial score (nSPS) is 11.8. The van der Waals surface area contributed by atoms with Crippen LogP contribution in [0.25, 0.3) is 5.69 Å². The molecule has 0 amide bonds. The molecule has 2 rings (SSSR count). The largest absolute Gasteiger partial charge is 0.418 e. The lowest BCUT2D eigenvalue weighted by atomic mass is 10.1. The first-order valence-electron chi connectivity index (χ1n) is 4.85. The van der Waals surface area contributed by atoms with Gasteiger partial charge in [-0.3, -0.25) is 0 Å². The minimum absolute atomic E-state index is 0.00295. The molecule has 0 aliphatic carbocycles. The Morgan fingerprint density at radius 2 is 2.00 bits per heavy atom. The summed E-state index contributed by atoms with van der Waals surface area (Å²) in [5.74, 6) is 0.0816. The molecule has 0 aliphatic rings. The van der Waals surface area contributed by atoms with E-state index in [1.807, 2.05) is 0 Å². The van der Waals surface area contributed by atoms with E-state index in [-0.39, 0.29) is 16.5 Å². The summed E-state index contributed by atoms with van der Waals surface area (Å²) in [6.07, 6.45) is -4.53. The Bertz CT molecular complexity index is 591. The number of nitrogen functional groups attached to an aromatic ring is 1. The standard InChI is InChI=1S/C10H8ClF3N4/c1-5-9(15)16-17-18(5)8-3-2-6(11)4-7(8)10(12,13)14/h2-4H,15H2,1H3. The maximum absolute atomic E-state index is 12.9. The van der Waals surface area contributed by atoms with E-state index in [9.17, 15) is 13.2 Å². The van der Waals surface area contributed by atoms with Crippen LogP contribution in [-0.2, 0) is 6.18 Å². The number of anilines is 1. The zero-order valence-electron chi connectivity index (χ0n) is 9.16. The second-order valence-electron chi connectivity index (χ2n) is 3.63. The van der Waals surface area contributed by atoms with Gasteiger partial charge in [-0.15, -0.1) is 5.10 Å². The average molecular weight is 277 g/mol. The highest BCUT2D eigenvalue weighted by atomic mass is 35.5. The molecule has 0 unspecified atom stereocenters. The summed E-state index contributed by atoms with van der Waals surface area (Å²) >= 11 is 5.59. The van der Waals surface area contributed by atoms with E-state index < -0.39 is 11.7 Å². The maximum atomic E-state index is 12.9. The third-order valence-electron chi connectivity index (χ3n) is 2.42. The van der Waals surface area contributed by atoms with Crippen molar-refractivity contribution in [1.29, 1.82) is 0 Å². The van der Waals surface area contributed by atoms with Gasteiger partial charge in [-0.2, -0.15) is 13.2 Å². The number of alkyl halides is 3. The summed E-state index contributed by atoms with van der Waals surface area (Å²) in [6.45, 7) is 1.53. The second kappa shape index (κ2) is 4.16. The van der Waals surface area contributed by atoms with Gasteiger partial charge >= 0.3 is 6.18 Å². The van der Waals surface area contributed by atoms with Crippen LogP contribution in [0.4, 0.5) is 19.0 Å². The van der Waals surface area contributed by atoms with E-state index in [4.69, 9.17) is 17.3 Å². The van der Waals surface area contributed by atoms with Crippen LogP contribution in [0.1, 0.15) is 11.3 Å². The molecule has 96 valence electrons. The summed E-state index contributed by atoms with van der Waals surface area (Å²) in [5.41, 5.74) is 4.76. The summed E-state index contributed by atoms with van der Waals surface area (Å²) < 4.78 is 39.7. The molecule has 0 radical (unpaired) electrons. The highest BCUT2D eigenvalue weighted by Crippen LogP contribution is 2.35. The Kier molecular flexibility index (Phi) is 2.94. The fraction of sp³-hybridized carbons (Fsp3) is 0.200. The number of rotatable bonds is 1. The van der Waals surface area contributed by atoms with Crippen LogP contribution < -0.4 is 5.73 Å². The summed E-state index contributed by atoms with van der Waals surface area (Å²) in [5, 5.41) is 7.11.